The standard InChI is InChI=1S/C27H21Cl3N2O4/c1-14-6-15(2)8-16(7-14)9-19-22(29)11-17(12-24(19)36-3)10-20-25(33)31-27(35)32(26(20)34)18-4-5-21(28)23(30)13-18/h4-8,10-13H,9H2,1-3H3,(H,31,33,35)/b20-10+. The number of rotatable bonds is 5. The Bertz CT molecular complexity index is 1430. The van der Waals surface area contributed by atoms with E-state index in [4.69, 9.17) is 39.5 Å². The summed E-state index contributed by atoms with van der Waals surface area (Å²) in [5.41, 5.74) is 4.52. The smallest absolute Gasteiger partial charge is 0.335 e. The average molecular weight is 544 g/mol. The number of carbonyl (C=O) groups is 3. The SMILES string of the molecule is COc1cc(/C=C2\C(=O)NC(=O)N(c3ccc(Cl)c(Cl)c3)C2=O)cc(Cl)c1Cc1cc(C)cc(C)c1. The predicted octanol–water partition coefficient (Wildman–Crippen LogP) is 6.53. The number of anilines is 1. The van der Waals surface area contributed by atoms with E-state index in [1.807, 2.05) is 13.8 Å². The number of methoxy groups -OCH3 is 1. The van der Waals surface area contributed by atoms with E-state index in [0.29, 0.717) is 22.8 Å². The van der Waals surface area contributed by atoms with Gasteiger partial charge in [-0.1, -0.05) is 64.1 Å². The van der Waals surface area contributed by atoms with Crippen LogP contribution in [-0.2, 0) is 16.0 Å². The van der Waals surface area contributed by atoms with Crippen LogP contribution in [0.15, 0.2) is 54.1 Å². The number of halogens is 3. The number of ether oxygens (including phenoxy) is 1. The number of carbonyl (C=O) groups excluding carboxylic acids is 3. The Hall–Kier alpha value is -3.32. The molecule has 4 amide bonds. The quantitative estimate of drug-likeness (QED) is 0.293. The summed E-state index contributed by atoms with van der Waals surface area (Å²) in [4.78, 5) is 39.0. The zero-order valence-corrected chi connectivity index (χ0v) is 21.9. The van der Waals surface area contributed by atoms with Crippen molar-refractivity contribution < 1.29 is 19.1 Å². The third-order valence-corrected chi connectivity index (χ3v) is 6.71. The van der Waals surface area contributed by atoms with Crippen LogP contribution in [0, 0.1) is 13.8 Å². The minimum atomic E-state index is -0.889. The van der Waals surface area contributed by atoms with Gasteiger partial charge in [0.15, 0.2) is 0 Å². The van der Waals surface area contributed by atoms with Crippen molar-refractivity contribution in [1.82, 2.24) is 5.32 Å². The Balaban J connectivity index is 1.71. The molecule has 0 spiro atoms. The maximum Gasteiger partial charge on any atom is 0.335 e. The van der Waals surface area contributed by atoms with Gasteiger partial charge in [-0.2, -0.15) is 0 Å². The second kappa shape index (κ2) is 10.3. The van der Waals surface area contributed by atoms with E-state index in [-0.39, 0.29) is 21.3 Å². The van der Waals surface area contributed by atoms with Crippen LogP contribution in [0.2, 0.25) is 15.1 Å². The van der Waals surface area contributed by atoms with Crippen molar-refractivity contribution in [1.29, 1.82) is 0 Å². The molecule has 3 aromatic carbocycles. The molecule has 1 aliphatic rings. The molecule has 0 radical (unpaired) electrons. The van der Waals surface area contributed by atoms with Gasteiger partial charge in [0.1, 0.15) is 11.3 Å². The highest BCUT2D eigenvalue weighted by atomic mass is 35.5. The molecule has 1 N–H and O–H groups in total. The molecule has 0 atom stereocenters. The molecule has 1 saturated heterocycles. The van der Waals surface area contributed by atoms with Gasteiger partial charge in [-0.05, 0) is 61.4 Å². The first-order chi connectivity index (χ1) is 17.1. The molecular weight excluding hydrogens is 523 g/mol. The Kier molecular flexibility index (Phi) is 7.41. The van der Waals surface area contributed by atoms with Gasteiger partial charge >= 0.3 is 6.03 Å². The number of urea groups is 1. The van der Waals surface area contributed by atoms with E-state index in [9.17, 15) is 14.4 Å². The number of hydrogen-bond donors (Lipinski definition) is 1. The molecule has 6 nitrogen and oxygen atoms in total. The van der Waals surface area contributed by atoms with E-state index in [2.05, 4.69) is 23.5 Å². The van der Waals surface area contributed by atoms with Crippen LogP contribution >= 0.6 is 34.8 Å². The second-order valence-corrected chi connectivity index (χ2v) is 9.63. The lowest BCUT2D eigenvalue weighted by molar-refractivity contribution is -0.122. The summed E-state index contributed by atoms with van der Waals surface area (Å²) in [5, 5.41) is 3.02. The largest absolute Gasteiger partial charge is 0.496 e. The van der Waals surface area contributed by atoms with Crippen molar-refractivity contribution >= 4 is 64.4 Å². The summed E-state index contributed by atoms with van der Waals surface area (Å²) < 4.78 is 5.58. The van der Waals surface area contributed by atoms with Crippen LogP contribution in [0.4, 0.5) is 10.5 Å². The Morgan fingerprint density at radius 3 is 2.22 bits per heavy atom. The molecule has 3 aromatic rings. The molecule has 0 bridgehead atoms. The van der Waals surface area contributed by atoms with Crippen molar-refractivity contribution in [2.24, 2.45) is 0 Å². The van der Waals surface area contributed by atoms with Gasteiger partial charge in [0.2, 0.25) is 0 Å². The monoisotopic (exact) mass is 542 g/mol. The third kappa shape index (κ3) is 5.26. The maximum atomic E-state index is 13.2. The first-order valence-corrected chi connectivity index (χ1v) is 12.0. The van der Waals surface area contributed by atoms with Crippen molar-refractivity contribution in [3.8, 4) is 5.75 Å². The fraction of sp³-hybridized carbons (Fsp3) is 0.148. The topological polar surface area (TPSA) is 75.7 Å². The van der Waals surface area contributed by atoms with Crippen LogP contribution < -0.4 is 15.0 Å². The van der Waals surface area contributed by atoms with Crippen LogP contribution in [0.5, 0.6) is 5.75 Å². The molecule has 184 valence electrons. The van der Waals surface area contributed by atoms with E-state index in [1.54, 1.807) is 12.1 Å². The van der Waals surface area contributed by atoms with E-state index in [1.165, 1.54) is 31.4 Å². The first-order valence-electron chi connectivity index (χ1n) is 10.9. The number of aryl methyl sites for hydroxylation is 2. The van der Waals surface area contributed by atoms with Gasteiger partial charge in [0.25, 0.3) is 11.8 Å². The zero-order valence-electron chi connectivity index (χ0n) is 19.6. The molecule has 1 fully saturated rings. The first kappa shape index (κ1) is 25.8. The van der Waals surface area contributed by atoms with Gasteiger partial charge in [0, 0.05) is 17.0 Å². The summed E-state index contributed by atoms with van der Waals surface area (Å²) in [7, 11) is 1.52. The molecule has 0 unspecified atom stereocenters. The summed E-state index contributed by atoms with van der Waals surface area (Å²) in [6, 6.07) is 13.0. The highest BCUT2D eigenvalue weighted by Gasteiger charge is 2.37. The molecule has 0 aromatic heterocycles. The summed E-state index contributed by atoms with van der Waals surface area (Å²) in [5.74, 6) is -1.12. The van der Waals surface area contributed by atoms with E-state index in [0.717, 1.165) is 27.2 Å². The number of nitrogens with one attached hydrogen (secondary N) is 1. The Morgan fingerprint density at radius 1 is 0.889 bits per heavy atom. The Morgan fingerprint density at radius 2 is 1.58 bits per heavy atom. The van der Waals surface area contributed by atoms with Crippen LogP contribution in [0.1, 0.15) is 27.8 Å². The number of hydrogen-bond acceptors (Lipinski definition) is 4. The van der Waals surface area contributed by atoms with Gasteiger partial charge < -0.3 is 4.74 Å². The van der Waals surface area contributed by atoms with E-state index >= 15 is 0 Å². The van der Waals surface area contributed by atoms with Gasteiger partial charge in [0.05, 0.1) is 22.8 Å². The molecular formula is C27H21Cl3N2O4. The molecule has 0 aliphatic carbocycles. The fourth-order valence-electron chi connectivity index (χ4n) is 4.13. The lowest BCUT2D eigenvalue weighted by atomic mass is 9.98. The summed E-state index contributed by atoms with van der Waals surface area (Å²) in [6.07, 6.45) is 1.91. The molecule has 0 saturated carbocycles. The van der Waals surface area contributed by atoms with Gasteiger partial charge in [-0.3, -0.25) is 14.9 Å². The number of benzene rings is 3. The van der Waals surface area contributed by atoms with Crippen molar-refractivity contribution in [3.05, 3.63) is 97.0 Å². The van der Waals surface area contributed by atoms with Crippen LogP contribution in [0.25, 0.3) is 6.08 Å². The molecule has 1 heterocycles. The second-order valence-electron chi connectivity index (χ2n) is 8.41. The molecule has 4 rings (SSSR count). The third-order valence-electron chi connectivity index (χ3n) is 5.63. The van der Waals surface area contributed by atoms with Crippen molar-refractivity contribution in [3.63, 3.8) is 0 Å². The van der Waals surface area contributed by atoms with Crippen LogP contribution in [-0.4, -0.2) is 25.0 Å². The minimum Gasteiger partial charge on any atom is -0.496 e. The summed E-state index contributed by atoms with van der Waals surface area (Å²) in [6.45, 7) is 4.06. The van der Waals surface area contributed by atoms with Crippen molar-refractivity contribution in [2.75, 3.05) is 12.0 Å². The van der Waals surface area contributed by atoms with Gasteiger partial charge in [-0.15, -0.1) is 0 Å². The zero-order chi connectivity index (χ0) is 26.1. The lowest BCUT2D eigenvalue weighted by Crippen LogP contribution is -2.54. The van der Waals surface area contributed by atoms with E-state index < -0.39 is 17.8 Å². The molecule has 36 heavy (non-hydrogen) atoms. The fourth-order valence-corrected chi connectivity index (χ4v) is 4.70. The molecule has 1 aliphatic heterocycles. The Labute approximate surface area is 223 Å². The number of amides is 4. The minimum absolute atomic E-state index is 0.160. The van der Waals surface area contributed by atoms with Crippen LogP contribution in [0.3, 0.4) is 0 Å². The van der Waals surface area contributed by atoms with Gasteiger partial charge in [-0.25, -0.2) is 9.69 Å². The normalized spacial score (nSPS) is 14.9. The highest BCUT2D eigenvalue weighted by molar-refractivity contribution is 6.43. The number of barbiturate groups is 1. The highest BCUT2D eigenvalue weighted by Crippen LogP contribution is 2.33. The van der Waals surface area contributed by atoms with Crippen molar-refractivity contribution in [2.45, 2.75) is 20.3 Å². The number of imide groups is 2. The lowest BCUT2D eigenvalue weighted by Gasteiger charge is -2.26. The summed E-state index contributed by atoms with van der Waals surface area (Å²) >= 11 is 18.6. The number of nitrogens with zero attached hydrogens (tertiary/aromatic N) is 1. The maximum absolute atomic E-state index is 13.2. The predicted molar refractivity (Wildman–Crippen MR) is 142 cm³/mol. The molecule has 9 heteroatoms. The average Bonchev–Trinajstić information content (AvgIpc) is 2.79.